The van der Waals surface area contributed by atoms with Crippen LogP contribution in [0.1, 0.15) is 12.5 Å². The van der Waals surface area contributed by atoms with Gasteiger partial charge in [0.15, 0.2) is 15.8 Å². The predicted molar refractivity (Wildman–Crippen MR) is 123 cm³/mol. The number of hydrogen-bond donors (Lipinski definition) is 1. The minimum absolute atomic E-state index is 0.0555. The Morgan fingerprint density at radius 3 is 2.72 bits per heavy atom. The summed E-state index contributed by atoms with van der Waals surface area (Å²) in [5, 5.41) is 21.2. The van der Waals surface area contributed by atoms with Crippen LogP contribution in [0.4, 0.5) is 11.4 Å². The first-order valence-corrected chi connectivity index (χ1v) is 10.9. The Hall–Kier alpha value is -1.95. The third kappa shape index (κ3) is 4.32. The molecule has 1 saturated heterocycles. The van der Waals surface area contributed by atoms with E-state index in [4.69, 9.17) is 17.0 Å². The molecule has 2 aromatic carbocycles. The molecule has 11 heteroatoms. The van der Waals surface area contributed by atoms with Gasteiger partial charge < -0.3 is 9.84 Å². The fourth-order valence-electron chi connectivity index (χ4n) is 2.56. The van der Waals surface area contributed by atoms with Crippen molar-refractivity contribution in [3.05, 3.63) is 59.9 Å². The summed E-state index contributed by atoms with van der Waals surface area (Å²) in [7, 11) is 0. The van der Waals surface area contributed by atoms with Gasteiger partial charge in [-0.05, 0) is 62.6 Å². The number of thiocarbonyl (C=S) groups is 1. The van der Waals surface area contributed by atoms with Gasteiger partial charge in [-0.3, -0.25) is 19.8 Å². The van der Waals surface area contributed by atoms with Crippen LogP contribution in [0.3, 0.4) is 0 Å². The van der Waals surface area contributed by atoms with Crippen molar-refractivity contribution >= 4 is 83.5 Å². The van der Waals surface area contributed by atoms with Gasteiger partial charge >= 0.3 is 0 Å². The molecule has 1 aliphatic heterocycles. The van der Waals surface area contributed by atoms with Crippen LogP contribution >= 0.6 is 55.8 Å². The number of phenolic OH excluding ortho intramolecular Hbond substituents is 1. The molecule has 2 aromatic rings. The molecule has 0 aliphatic carbocycles. The number of aromatic hydroxyl groups is 1. The third-order valence-corrected chi connectivity index (χ3v) is 7.31. The fourth-order valence-corrected chi connectivity index (χ4v) is 4.69. The molecule has 1 N–H and O–H groups in total. The lowest BCUT2D eigenvalue weighted by Crippen LogP contribution is -2.27. The Morgan fingerprint density at radius 2 is 2.07 bits per heavy atom. The van der Waals surface area contributed by atoms with E-state index in [0.29, 0.717) is 31.7 Å². The number of hydrogen-bond acceptors (Lipinski definition) is 7. The Bertz CT molecular complexity index is 1070. The van der Waals surface area contributed by atoms with Crippen LogP contribution in [-0.2, 0) is 4.79 Å². The maximum atomic E-state index is 12.9. The summed E-state index contributed by atoms with van der Waals surface area (Å²) in [6, 6.07) is 7.33. The number of halogens is 2. The van der Waals surface area contributed by atoms with Gasteiger partial charge in [-0.2, -0.15) is 0 Å². The van der Waals surface area contributed by atoms with E-state index in [1.54, 1.807) is 25.1 Å². The van der Waals surface area contributed by atoms with E-state index in [9.17, 15) is 20.0 Å². The van der Waals surface area contributed by atoms with Crippen molar-refractivity contribution in [3.8, 4) is 11.5 Å². The van der Waals surface area contributed by atoms with Crippen LogP contribution in [0.5, 0.6) is 11.5 Å². The highest BCUT2D eigenvalue weighted by Gasteiger charge is 2.34. The van der Waals surface area contributed by atoms with Crippen LogP contribution in [0.25, 0.3) is 6.08 Å². The number of carbonyl (C=O) groups excluding carboxylic acids is 1. The zero-order valence-electron chi connectivity index (χ0n) is 14.7. The highest BCUT2D eigenvalue weighted by Crippen LogP contribution is 2.44. The van der Waals surface area contributed by atoms with Gasteiger partial charge in [-0.25, -0.2) is 0 Å². The lowest BCUT2D eigenvalue weighted by Gasteiger charge is -2.14. The van der Waals surface area contributed by atoms with Crippen molar-refractivity contribution in [2.24, 2.45) is 0 Å². The van der Waals surface area contributed by atoms with E-state index in [-0.39, 0.29) is 21.5 Å². The number of nitro benzene ring substituents is 1. The monoisotopic (exact) mass is 558 g/mol. The van der Waals surface area contributed by atoms with Gasteiger partial charge in [-0.1, -0.05) is 30.0 Å². The summed E-state index contributed by atoms with van der Waals surface area (Å²) in [6.07, 6.45) is 1.62. The molecule has 7 nitrogen and oxygen atoms in total. The zero-order chi connectivity index (χ0) is 21.3. The van der Waals surface area contributed by atoms with Gasteiger partial charge in [0.2, 0.25) is 0 Å². The van der Waals surface area contributed by atoms with Gasteiger partial charge in [0.05, 0.1) is 26.6 Å². The number of anilines is 1. The van der Waals surface area contributed by atoms with Crippen molar-refractivity contribution in [2.75, 3.05) is 11.5 Å². The van der Waals surface area contributed by atoms with E-state index in [2.05, 4.69) is 31.9 Å². The molecule has 29 heavy (non-hydrogen) atoms. The number of nitro groups is 1. The number of benzene rings is 2. The maximum Gasteiger partial charge on any atom is 0.271 e. The quantitative estimate of drug-likeness (QED) is 0.219. The first-order valence-electron chi connectivity index (χ1n) is 8.10. The summed E-state index contributed by atoms with van der Waals surface area (Å²) in [5.74, 6) is -0.183. The van der Waals surface area contributed by atoms with Gasteiger partial charge in [0, 0.05) is 16.6 Å². The van der Waals surface area contributed by atoms with E-state index in [0.717, 1.165) is 11.8 Å². The van der Waals surface area contributed by atoms with Crippen LogP contribution in [0.15, 0.2) is 44.2 Å². The summed E-state index contributed by atoms with van der Waals surface area (Å²) >= 11 is 13.1. The molecule has 0 unspecified atom stereocenters. The van der Waals surface area contributed by atoms with Crippen molar-refractivity contribution in [3.63, 3.8) is 0 Å². The molecular weight excluding hydrogens is 548 g/mol. The summed E-state index contributed by atoms with van der Waals surface area (Å²) < 4.78 is 6.63. The smallest absolute Gasteiger partial charge is 0.271 e. The molecule has 150 valence electrons. The molecule has 1 heterocycles. The molecule has 0 aromatic heterocycles. The van der Waals surface area contributed by atoms with E-state index in [1.807, 2.05) is 0 Å². The van der Waals surface area contributed by atoms with Crippen molar-refractivity contribution in [2.45, 2.75) is 6.92 Å². The molecule has 3 rings (SSSR count). The highest BCUT2D eigenvalue weighted by molar-refractivity contribution is 9.13. The molecule has 1 amide bonds. The van der Waals surface area contributed by atoms with Crippen LogP contribution in [-0.4, -0.2) is 26.9 Å². The third-order valence-electron chi connectivity index (χ3n) is 3.85. The Morgan fingerprint density at radius 1 is 1.34 bits per heavy atom. The van der Waals surface area contributed by atoms with Crippen molar-refractivity contribution < 1.29 is 19.6 Å². The van der Waals surface area contributed by atoms with Crippen LogP contribution in [0.2, 0.25) is 0 Å². The zero-order valence-corrected chi connectivity index (χ0v) is 19.5. The highest BCUT2D eigenvalue weighted by atomic mass is 79.9. The summed E-state index contributed by atoms with van der Waals surface area (Å²) in [4.78, 5) is 25.0. The Kier molecular flexibility index (Phi) is 6.62. The van der Waals surface area contributed by atoms with Gasteiger partial charge in [-0.15, -0.1) is 0 Å². The second-order valence-corrected chi connectivity index (χ2v) is 8.93. The van der Waals surface area contributed by atoms with E-state index in [1.165, 1.54) is 23.1 Å². The van der Waals surface area contributed by atoms with Gasteiger partial charge in [0.25, 0.3) is 11.6 Å². The molecule has 0 radical (unpaired) electrons. The molecule has 1 aliphatic rings. The summed E-state index contributed by atoms with van der Waals surface area (Å²) in [6.45, 7) is 2.15. The standard InChI is InChI=1S/C18H12Br2N2O5S2/c1-2-27-12-6-9(14(19)15(20)16(12)23)7-13-17(24)21(18(28)29-13)10-4-3-5-11(8-10)22(25)26/h3-8,23H,2H2,1H3/b13-7+. The second-order valence-electron chi connectivity index (χ2n) is 5.67. The lowest BCUT2D eigenvalue weighted by molar-refractivity contribution is -0.384. The number of rotatable bonds is 5. The first kappa shape index (κ1) is 21.8. The number of nitrogens with zero attached hydrogens (tertiary/aromatic N) is 2. The number of ether oxygens (including phenoxy) is 1. The molecule has 0 spiro atoms. The average Bonchev–Trinajstić information content (AvgIpc) is 2.97. The van der Waals surface area contributed by atoms with Crippen molar-refractivity contribution in [1.29, 1.82) is 0 Å². The van der Waals surface area contributed by atoms with E-state index < -0.39 is 10.8 Å². The second kappa shape index (κ2) is 8.82. The van der Waals surface area contributed by atoms with E-state index >= 15 is 0 Å². The number of non-ortho nitro benzene ring substituents is 1. The number of thioether (sulfide) groups is 1. The molecule has 1 fully saturated rings. The number of amides is 1. The SMILES string of the molecule is CCOc1cc(/C=C2/SC(=S)N(c3cccc([N+](=O)[O-])c3)C2=O)c(Br)c(Br)c1O. The topological polar surface area (TPSA) is 92.9 Å². The van der Waals surface area contributed by atoms with Gasteiger partial charge in [0.1, 0.15) is 0 Å². The largest absolute Gasteiger partial charge is 0.503 e. The summed E-state index contributed by atoms with van der Waals surface area (Å²) in [5.41, 5.74) is 0.788. The first-order chi connectivity index (χ1) is 13.7. The molecule has 0 saturated carbocycles. The maximum absolute atomic E-state index is 12.9. The van der Waals surface area contributed by atoms with Crippen LogP contribution < -0.4 is 9.64 Å². The lowest BCUT2D eigenvalue weighted by atomic mass is 10.1. The fraction of sp³-hybridized carbons (Fsp3) is 0.111. The van der Waals surface area contributed by atoms with Crippen LogP contribution in [0, 0.1) is 10.1 Å². The number of carbonyl (C=O) groups is 1. The Labute approximate surface area is 192 Å². The van der Waals surface area contributed by atoms with Crippen molar-refractivity contribution in [1.82, 2.24) is 0 Å². The molecule has 0 bridgehead atoms. The molecular formula is C18H12Br2N2O5S2. The predicted octanol–water partition coefficient (Wildman–Crippen LogP) is 5.63. The minimum atomic E-state index is -0.530. The molecule has 0 atom stereocenters. The minimum Gasteiger partial charge on any atom is -0.503 e. The average molecular weight is 560 g/mol. The normalized spacial score (nSPS) is 15.3. The Balaban J connectivity index is 2.01. The number of phenols is 1.